The molecule has 2 fully saturated rings. The second-order valence-electron chi connectivity index (χ2n) is 10.2. The van der Waals surface area contributed by atoms with E-state index in [1.807, 2.05) is 35.2 Å². The molecule has 0 spiro atoms. The van der Waals surface area contributed by atoms with Crippen molar-refractivity contribution < 1.29 is 14.7 Å². The molecular weight excluding hydrogens is 514 g/mol. The molecule has 0 atom stereocenters. The van der Waals surface area contributed by atoms with Crippen molar-refractivity contribution in [3.05, 3.63) is 46.4 Å². The number of aromatic amines is 1. The van der Waals surface area contributed by atoms with Gasteiger partial charge in [-0.15, -0.1) is 0 Å². The molecule has 1 aromatic carbocycles. The van der Waals surface area contributed by atoms with Crippen LogP contribution in [0.1, 0.15) is 31.2 Å². The van der Waals surface area contributed by atoms with Crippen molar-refractivity contribution >= 4 is 40.2 Å². The number of carbonyl (C=O) groups is 2. The number of carboxylic acid groups (broad SMARTS) is 1. The summed E-state index contributed by atoms with van der Waals surface area (Å²) in [6, 6.07) is 9.83. The average Bonchev–Trinajstić information content (AvgIpc) is 2.95. The third kappa shape index (κ3) is 6.35. The standard InChI is InChI=1S/C27H31N9O4/c28-8-5-22(37)35-11-13-36(14-12-35)27-31-21-16-29-33-26(40)24(21)25(32-27)30-20-3-1-19(2-4-20)17-34-9-6-18(7-10-34)15-23(38)39/h1-4,16,18H,5-7,9-15,17H2,(H,33,40)(H,38,39)(H,30,31,32). The number of likely N-dealkylation sites (tertiary alicyclic amines) is 1. The summed E-state index contributed by atoms with van der Waals surface area (Å²) in [6.45, 7) is 4.46. The Hall–Kier alpha value is -4.57. The topological polar surface area (TPSA) is 171 Å². The van der Waals surface area contributed by atoms with Gasteiger partial charge in [0.05, 0.1) is 12.3 Å². The summed E-state index contributed by atoms with van der Waals surface area (Å²) >= 11 is 0. The van der Waals surface area contributed by atoms with Crippen molar-refractivity contribution in [1.82, 2.24) is 30.0 Å². The Bertz CT molecular complexity index is 1470. The van der Waals surface area contributed by atoms with E-state index in [0.29, 0.717) is 48.8 Å². The molecule has 0 bridgehead atoms. The number of piperazine rings is 1. The second kappa shape index (κ2) is 12.1. The lowest BCUT2D eigenvalue weighted by atomic mass is 9.93. The first-order valence-corrected chi connectivity index (χ1v) is 13.3. The van der Waals surface area contributed by atoms with E-state index in [4.69, 9.17) is 10.4 Å². The number of nitriles is 1. The molecule has 2 saturated heterocycles. The molecule has 3 N–H and O–H groups in total. The van der Waals surface area contributed by atoms with Gasteiger partial charge >= 0.3 is 5.97 Å². The molecule has 13 heteroatoms. The highest BCUT2D eigenvalue weighted by Crippen LogP contribution is 2.26. The van der Waals surface area contributed by atoms with Crippen molar-refractivity contribution in [2.24, 2.45) is 5.92 Å². The highest BCUT2D eigenvalue weighted by atomic mass is 16.4. The number of benzene rings is 1. The number of hydrogen-bond acceptors (Lipinski definition) is 10. The van der Waals surface area contributed by atoms with Crippen LogP contribution in [0.3, 0.4) is 0 Å². The zero-order valence-electron chi connectivity index (χ0n) is 22.0. The highest BCUT2D eigenvalue weighted by Gasteiger charge is 2.24. The molecule has 4 heterocycles. The summed E-state index contributed by atoms with van der Waals surface area (Å²) in [5, 5.41) is 27.7. The van der Waals surface area contributed by atoms with Crippen LogP contribution in [0.15, 0.2) is 35.3 Å². The first-order chi connectivity index (χ1) is 19.4. The van der Waals surface area contributed by atoms with Gasteiger partial charge in [-0.3, -0.25) is 19.3 Å². The fraction of sp³-hybridized carbons (Fsp3) is 0.444. The number of aliphatic carboxylic acids is 1. The first kappa shape index (κ1) is 27.0. The van der Waals surface area contributed by atoms with Gasteiger partial charge in [-0.1, -0.05) is 12.1 Å². The van der Waals surface area contributed by atoms with Gasteiger partial charge in [-0.25, -0.2) is 10.1 Å². The molecule has 13 nitrogen and oxygen atoms in total. The highest BCUT2D eigenvalue weighted by molar-refractivity contribution is 5.90. The van der Waals surface area contributed by atoms with E-state index in [2.05, 4.69) is 30.4 Å². The summed E-state index contributed by atoms with van der Waals surface area (Å²) in [4.78, 5) is 50.9. The van der Waals surface area contributed by atoms with E-state index in [-0.39, 0.29) is 24.7 Å². The number of hydrogen-bond donors (Lipinski definition) is 3. The smallest absolute Gasteiger partial charge is 0.303 e. The van der Waals surface area contributed by atoms with E-state index >= 15 is 0 Å². The van der Waals surface area contributed by atoms with Crippen LogP contribution in [-0.2, 0) is 16.1 Å². The summed E-state index contributed by atoms with van der Waals surface area (Å²) in [5.41, 5.74) is 1.91. The Balaban J connectivity index is 1.28. The number of nitrogens with zero attached hydrogens (tertiary/aromatic N) is 7. The van der Waals surface area contributed by atoms with Crippen molar-refractivity contribution in [2.45, 2.75) is 32.2 Å². The lowest BCUT2D eigenvalue weighted by Gasteiger charge is -2.34. The number of fused-ring (bicyclic) bond motifs is 1. The number of nitrogens with one attached hydrogen (secondary N) is 2. The maximum atomic E-state index is 12.7. The van der Waals surface area contributed by atoms with E-state index < -0.39 is 11.5 Å². The van der Waals surface area contributed by atoms with Crippen LogP contribution in [0.25, 0.3) is 10.9 Å². The SMILES string of the molecule is N#CCC(=O)N1CCN(c2nc(Nc3ccc(CN4CCC(CC(=O)O)CC4)cc3)c3c(=O)[nH]ncc3n2)CC1. The van der Waals surface area contributed by atoms with Gasteiger partial charge in [0.1, 0.15) is 23.1 Å². The maximum Gasteiger partial charge on any atom is 0.303 e. The van der Waals surface area contributed by atoms with E-state index in [1.54, 1.807) is 4.90 Å². The van der Waals surface area contributed by atoms with Crippen LogP contribution >= 0.6 is 0 Å². The number of carbonyl (C=O) groups excluding carboxylic acids is 1. The Morgan fingerprint density at radius 3 is 2.48 bits per heavy atom. The number of amides is 1. The lowest BCUT2D eigenvalue weighted by Crippen LogP contribution is -2.49. The lowest BCUT2D eigenvalue weighted by molar-refractivity contribution is -0.138. The Kier molecular flexibility index (Phi) is 8.16. The van der Waals surface area contributed by atoms with Gasteiger partial charge in [0.15, 0.2) is 0 Å². The molecule has 2 aliphatic rings. The molecule has 0 radical (unpaired) electrons. The van der Waals surface area contributed by atoms with Crippen LogP contribution in [-0.4, -0.2) is 86.2 Å². The van der Waals surface area contributed by atoms with Gasteiger partial charge in [-0.2, -0.15) is 15.3 Å². The van der Waals surface area contributed by atoms with E-state index in [9.17, 15) is 14.4 Å². The monoisotopic (exact) mass is 545 g/mol. The van der Waals surface area contributed by atoms with Gasteiger partial charge in [-0.05, 0) is 49.5 Å². The minimum Gasteiger partial charge on any atom is -0.481 e. The van der Waals surface area contributed by atoms with Crippen molar-refractivity contribution in [1.29, 1.82) is 5.26 Å². The van der Waals surface area contributed by atoms with Crippen molar-refractivity contribution in [2.75, 3.05) is 49.5 Å². The largest absolute Gasteiger partial charge is 0.481 e. The fourth-order valence-corrected chi connectivity index (χ4v) is 5.24. The zero-order chi connectivity index (χ0) is 28.1. The molecule has 2 aliphatic heterocycles. The minimum atomic E-state index is -0.727. The van der Waals surface area contributed by atoms with Crippen LogP contribution in [0.4, 0.5) is 17.5 Å². The third-order valence-electron chi connectivity index (χ3n) is 7.44. The molecule has 0 unspecified atom stereocenters. The van der Waals surface area contributed by atoms with E-state index in [1.165, 1.54) is 6.20 Å². The van der Waals surface area contributed by atoms with Gasteiger partial charge in [0, 0.05) is 44.8 Å². The second-order valence-corrected chi connectivity index (χ2v) is 10.2. The van der Waals surface area contributed by atoms with E-state index in [0.717, 1.165) is 43.7 Å². The average molecular weight is 546 g/mol. The fourth-order valence-electron chi connectivity index (χ4n) is 5.24. The van der Waals surface area contributed by atoms with Gasteiger partial charge in [0.2, 0.25) is 11.9 Å². The number of piperidine rings is 1. The predicted octanol–water partition coefficient (Wildman–Crippen LogP) is 1.71. The number of carboxylic acids is 1. The maximum absolute atomic E-state index is 12.7. The van der Waals surface area contributed by atoms with Crippen molar-refractivity contribution in [3.8, 4) is 6.07 Å². The molecule has 3 aromatic rings. The molecule has 0 saturated carbocycles. The number of rotatable bonds is 8. The minimum absolute atomic E-state index is 0.140. The normalized spacial score (nSPS) is 16.6. The van der Waals surface area contributed by atoms with Crippen LogP contribution in [0.5, 0.6) is 0 Å². The molecule has 1 amide bonds. The number of H-pyrrole nitrogens is 1. The molecule has 40 heavy (non-hydrogen) atoms. The van der Waals surface area contributed by atoms with Crippen molar-refractivity contribution in [3.63, 3.8) is 0 Å². The summed E-state index contributed by atoms with van der Waals surface area (Å²) in [6.07, 6.45) is 3.37. The number of anilines is 3. The van der Waals surface area contributed by atoms with Gasteiger partial charge in [0.25, 0.3) is 5.56 Å². The number of aromatic nitrogens is 4. The Morgan fingerprint density at radius 1 is 1.07 bits per heavy atom. The molecule has 5 rings (SSSR count). The molecular formula is C27H31N9O4. The molecule has 208 valence electrons. The molecule has 0 aliphatic carbocycles. The van der Waals surface area contributed by atoms with Crippen LogP contribution in [0.2, 0.25) is 0 Å². The summed E-state index contributed by atoms with van der Waals surface area (Å²) < 4.78 is 0. The summed E-state index contributed by atoms with van der Waals surface area (Å²) in [7, 11) is 0. The molecule has 2 aromatic heterocycles. The first-order valence-electron chi connectivity index (χ1n) is 13.3. The Morgan fingerprint density at radius 2 is 1.80 bits per heavy atom. The predicted molar refractivity (Wildman–Crippen MR) is 147 cm³/mol. The summed E-state index contributed by atoms with van der Waals surface area (Å²) in [5.74, 6) is 0.124. The Labute approximate surface area is 230 Å². The van der Waals surface area contributed by atoms with Gasteiger partial charge < -0.3 is 20.2 Å². The quantitative estimate of drug-likeness (QED) is 0.376. The van der Waals surface area contributed by atoms with Crippen LogP contribution < -0.4 is 15.8 Å². The zero-order valence-corrected chi connectivity index (χ0v) is 22.0. The third-order valence-corrected chi connectivity index (χ3v) is 7.44. The van der Waals surface area contributed by atoms with Crippen LogP contribution in [0, 0.1) is 17.2 Å².